The minimum atomic E-state index is -0.989. The Balaban J connectivity index is 1.77. The van der Waals surface area contributed by atoms with Gasteiger partial charge in [-0.05, 0) is 5.56 Å². The molecular weight excluding hydrogens is 236 g/mol. The number of aliphatic hydroxyl groups is 2. The first-order valence-corrected chi connectivity index (χ1v) is 5.93. The summed E-state index contributed by atoms with van der Waals surface area (Å²) in [7, 11) is 0. The van der Waals surface area contributed by atoms with E-state index in [1.165, 1.54) is 0 Å². The Morgan fingerprint density at radius 3 is 2.67 bits per heavy atom. The van der Waals surface area contributed by atoms with Gasteiger partial charge >= 0.3 is 5.97 Å². The summed E-state index contributed by atoms with van der Waals surface area (Å²) in [6.45, 7) is 0. The van der Waals surface area contributed by atoms with Gasteiger partial charge in [0.2, 0.25) is 0 Å². The zero-order valence-electron chi connectivity index (χ0n) is 9.60. The summed E-state index contributed by atoms with van der Waals surface area (Å²) in [6, 6.07) is 8.99. The maximum Gasteiger partial charge on any atom is 0.309 e. The number of rotatable bonds is 2. The number of carbonyl (C=O) groups excluding carboxylic acids is 1. The van der Waals surface area contributed by atoms with E-state index < -0.39 is 30.5 Å². The van der Waals surface area contributed by atoms with Gasteiger partial charge in [-0.2, -0.15) is 0 Å². The summed E-state index contributed by atoms with van der Waals surface area (Å²) in [6.07, 6.45) is -3.63. The highest BCUT2D eigenvalue weighted by molar-refractivity contribution is 5.73. The van der Waals surface area contributed by atoms with Crippen molar-refractivity contribution in [1.29, 1.82) is 0 Å². The van der Waals surface area contributed by atoms with Crippen LogP contribution in [-0.2, 0) is 14.3 Å². The van der Waals surface area contributed by atoms with E-state index in [0.29, 0.717) is 5.56 Å². The number of hydrogen-bond donors (Lipinski definition) is 2. The van der Waals surface area contributed by atoms with E-state index >= 15 is 0 Å². The van der Waals surface area contributed by atoms with Crippen LogP contribution in [0.1, 0.15) is 18.1 Å². The van der Waals surface area contributed by atoms with Crippen molar-refractivity contribution in [3.05, 3.63) is 35.9 Å². The zero-order valence-corrected chi connectivity index (χ0v) is 9.60. The van der Waals surface area contributed by atoms with Gasteiger partial charge < -0.3 is 19.7 Å². The normalized spacial score (nSPS) is 36.2. The molecule has 3 rings (SSSR count). The highest BCUT2D eigenvalue weighted by Crippen LogP contribution is 2.36. The van der Waals surface area contributed by atoms with E-state index in [2.05, 4.69) is 0 Å². The largest absolute Gasteiger partial charge is 0.457 e. The maximum absolute atomic E-state index is 11.1. The van der Waals surface area contributed by atoms with Gasteiger partial charge in [0, 0.05) is 0 Å². The average Bonchev–Trinajstić information content (AvgIpc) is 2.88. The first-order valence-electron chi connectivity index (χ1n) is 5.93. The lowest BCUT2D eigenvalue weighted by Crippen LogP contribution is -2.35. The molecule has 0 aromatic heterocycles. The molecule has 2 heterocycles. The molecule has 0 bridgehead atoms. The van der Waals surface area contributed by atoms with Crippen molar-refractivity contribution in [2.75, 3.05) is 0 Å². The minimum absolute atomic E-state index is 0.139. The molecule has 2 saturated heterocycles. The fourth-order valence-electron chi connectivity index (χ4n) is 2.54. The summed E-state index contributed by atoms with van der Waals surface area (Å²) in [5.74, 6) is -0.364. The highest BCUT2D eigenvalue weighted by Gasteiger charge is 2.53. The quantitative estimate of drug-likeness (QED) is 0.731. The molecule has 0 unspecified atom stereocenters. The van der Waals surface area contributed by atoms with Crippen molar-refractivity contribution >= 4 is 5.97 Å². The highest BCUT2D eigenvalue weighted by atomic mass is 16.6. The molecule has 0 radical (unpaired) electrons. The van der Waals surface area contributed by atoms with E-state index in [-0.39, 0.29) is 12.4 Å². The lowest BCUT2D eigenvalue weighted by molar-refractivity contribution is -0.147. The second-order valence-corrected chi connectivity index (χ2v) is 4.64. The fraction of sp³-hybridized carbons (Fsp3) is 0.462. The lowest BCUT2D eigenvalue weighted by Gasteiger charge is -2.22. The SMILES string of the molecule is O=C1C[C@H]2O[C@H]([C@H](O)c3ccccc3)[C@@H](O)[C@@H]2O1. The minimum Gasteiger partial charge on any atom is -0.457 e. The van der Waals surface area contributed by atoms with Crippen LogP contribution in [0.2, 0.25) is 0 Å². The third kappa shape index (κ3) is 1.80. The standard InChI is InChI=1S/C13H14O5/c14-9-6-8-12(18-9)11(16)13(17-8)10(15)7-4-2-1-3-5-7/h1-5,8,10-13,15-16H,6H2/t8-,10-,11+,12-,13-/m1/s1. The van der Waals surface area contributed by atoms with Gasteiger partial charge in [0.25, 0.3) is 0 Å². The predicted molar refractivity (Wildman–Crippen MR) is 60.6 cm³/mol. The summed E-state index contributed by atoms with van der Waals surface area (Å²) in [4.78, 5) is 11.1. The van der Waals surface area contributed by atoms with Crippen LogP contribution in [0.5, 0.6) is 0 Å². The topological polar surface area (TPSA) is 76.0 Å². The number of hydrogen-bond acceptors (Lipinski definition) is 5. The molecule has 18 heavy (non-hydrogen) atoms. The van der Waals surface area contributed by atoms with E-state index in [9.17, 15) is 15.0 Å². The van der Waals surface area contributed by atoms with Crippen LogP contribution in [0.25, 0.3) is 0 Å². The summed E-state index contributed by atoms with van der Waals surface area (Å²) < 4.78 is 10.5. The number of esters is 1. The number of ether oxygens (including phenoxy) is 2. The fourth-order valence-corrected chi connectivity index (χ4v) is 2.54. The molecule has 1 aromatic rings. The zero-order chi connectivity index (χ0) is 12.7. The number of aliphatic hydroxyl groups excluding tert-OH is 2. The van der Waals surface area contributed by atoms with Crippen LogP contribution in [0.4, 0.5) is 0 Å². The smallest absolute Gasteiger partial charge is 0.309 e. The lowest BCUT2D eigenvalue weighted by atomic mass is 9.99. The first-order chi connectivity index (χ1) is 8.66. The third-order valence-corrected chi connectivity index (χ3v) is 3.46. The van der Waals surface area contributed by atoms with Crippen molar-refractivity contribution < 1.29 is 24.5 Å². The molecular formula is C13H14O5. The molecule has 0 amide bonds. The average molecular weight is 250 g/mol. The summed E-state index contributed by atoms with van der Waals surface area (Å²) in [5, 5.41) is 20.2. The van der Waals surface area contributed by atoms with Crippen molar-refractivity contribution in [1.82, 2.24) is 0 Å². The van der Waals surface area contributed by atoms with E-state index in [0.717, 1.165) is 0 Å². The van der Waals surface area contributed by atoms with Gasteiger partial charge in [0.1, 0.15) is 24.4 Å². The Labute approximate surface area is 104 Å². The van der Waals surface area contributed by atoms with E-state index in [4.69, 9.17) is 9.47 Å². The molecule has 2 aliphatic rings. The Hall–Kier alpha value is -1.43. The Morgan fingerprint density at radius 1 is 1.28 bits per heavy atom. The van der Waals surface area contributed by atoms with E-state index in [1.54, 1.807) is 24.3 Å². The van der Waals surface area contributed by atoms with Gasteiger partial charge in [0.15, 0.2) is 6.10 Å². The van der Waals surface area contributed by atoms with Crippen LogP contribution in [0.3, 0.4) is 0 Å². The predicted octanol–water partition coefficient (Wildman–Crippen LogP) is 0.164. The Kier molecular flexibility index (Phi) is 2.81. The van der Waals surface area contributed by atoms with Gasteiger partial charge in [0.05, 0.1) is 6.42 Å². The van der Waals surface area contributed by atoms with Crippen LogP contribution in [0.15, 0.2) is 30.3 Å². The van der Waals surface area contributed by atoms with Crippen molar-refractivity contribution in [2.45, 2.75) is 36.9 Å². The molecule has 96 valence electrons. The van der Waals surface area contributed by atoms with Gasteiger partial charge in [-0.25, -0.2) is 0 Å². The van der Waals surface area contributed by atoms with Gasteiger partial charge in [-0.15, -0.1) is 0 Å². The number of fused-ring (bicyclic) bond motifs is 1. The second kappa shape index (κ2) is 4.35. The molecule has 2 fully saturated rings. The number of benzene rings is 1. The molecule has 2 aliphatic heterocycles. The number of carbonyl (C=O) groups is 1. The van der Waals surface area contributed by atoms with Crippen LogP contribution in [0, 0.1) is 0 Å². The second-order valence-electron chi connectivity index (χ2n) is 4.64. The third-order valence-electron chi connectivity index (χ3n) is 3.46. The van der Waals surface area contributed by atoms with Crippen LogP contribution >= 0.6 is 0 Å². The Bertz CT molecular complexity index is 446. The molecule has 0 saturated carbocycles. The molecule has 0 aliphatic carbocycles. The molecule has 5 atom stereocenters. The van der Waals surface area contributed by atoms with E-state index in [1.807, 2.05) is 6.07 Å². The van der Waals surface area contributed by atoms with Crippen LogP contribution in [-0.4, -0.2) is 40.6 Å². The monoisotopic (exact) mass is 250 g/mol. The van der Waals surface area contributed by atoms with Crippen molar-refractivity contribution in [3.63, 3.8) is 0 Å². The summed E-state index contributed by atoms with van der Waals surface area (Å²) in [5.41, 5.74) is 0.674. The molecule has 2 N–H and O–H groups in total. The first kappa shape index (κ1) is 11.6. The molecule has 5 heteroatoms. The van der Waals surface area contributed by atoms with Gasteiger partial charge in [-0.1, -0.05) is 30.3 Å². The summed E-state index contributed by atoms with van der Waals surface area (Å²) >= 11 is 0. The molecule has 5 nitrogen and oxygen atoms in total. The van der Waals surface area contributed by atoms with Crippen molar-refractivity contribution in [2.24, 2.45) is 0 Å². The maximum atomic E-state index is 11.1. The molecule has 1 aromatic carbocycles. The van der Waals surface area contributed by atoms with Gasteiger partial charge in [-0.3, -0.25) is 4.79 Å². The Morgan fingerprint density at radius 2 is 2.00 bits per heavy atom. The molecule has 0 spiro atoms. The van der Waals surface area contributed by atoms with Crippen molar-refractivity contribution in [3.8, 4) is 0 Å². The van der Waals surface area contributed by atoms with Crippen LogP contribution < -0.4 is 0 Å².